The van der Waals surface area contributed by atoms with Gasteiger partial charge in [0.1, 0.15) is 11.6 Å². The van der Waals surface area contributed by atoms with E-state index in [9.17, 15) is 9.18 Å². The van der Waals surface area contributed by atoms with Gasteiger partial charge in [-0.1, -0.05) is 11.6 Å². The van der Waals surface area contributed by atoms with Crippen LogP contribution in [0.3, 0.4) is 0 Å². The van der Waals surface area contributed by atoms with Crippen LogP contribution in [0.4, 0.5) is 16.2 Å². The third kappa shape index (κ3) is 6.18. The number of nitrogens with zero attached hydrogens (tertiary/aromatic N) is 3. The van der Waals surface area contributed by atoms with E-state index in [1.165, 1.54) is 18.2 Å². The highest BCUT2D eigenvalue weighted by atomic mass is 35.5. The Morgan fingerprint density at radius 3 is 2.45 bits per heavy atom. The van der Waals surface area contributed by atoms with Gasteiger partial charge < -0.3 is 15.5 Å². The van der Waals surface area contributed by atoms with Crippen LogP contribution in [0.5, 0.6) is 0 Å². The Kier molecular flexibility index (Phi) is 8.05. The molecule has 3 rings (SSSR count). The predicted octanol–water partition coefficient (Wildman–Crippen LogP) is 4.22. The highest BCUT2D eigenvalue weighted by Gasteiger charge is 2.24. The second-order valence-electron chi connectivity index (χ2n) is 7.42. The van der Waals surface area contributed by atoms with E-state index < -0.39 is 5.82 Å². The molecule has 1 aliphatic rings. The highest BCUT2D eigenvalue weighted by Crippen LogP contribution is 2.23. The third-order valence-electron chi connectivity index (χ3n) is 4.89. The molecular formula is C20H26Cl2FN5O. The average Bonchev–Trinajstić information content (AvgIpc) is 2.64. The van der Waals surface area contributed by atoms with E-state index in [1.54, 1.807) is 0 Å². The van der Waals surface area contributed by atoms with E-state index in [0.717, 1.165) is 37.1 Å². The molecule has 6 nitrogen and oxygen atoms in total. The summed E-state index contributed by atoms with van der Waals surface area (Å²) in [5, 5.41) is 6.59. The zero-order valence-corrected chi connectivity index (χ0v) is 18.3. The molecule has 158 valence electrons. The van der Waals surface area contributed by atoms with Gasteiger partial charge in [0.25, 0.3) is 5.91 Å². The van der Waals surface area contributed by atoms with Crippen molar-refractivity contribution in [2.24, 2.45) is 0 Å². The number of halogens is 3. The van der Waals surface area contributed by atoms with E-state index in [2.05, 4.69) is 20.6 Å². The number of hydrogen-bond donors (Lipinski definition) is 2. The van der Waals surface area contributed by atoms with Crippen LogP contribution in [-0.4, -0.2) is 42.1 Å². The molecule has 0 bridgehead atoms. The molecule has 1 aromatic heterocycles. The van der Waals surface area contributed by atoms with Gasteiger partial charge >= 0.3 is 0 Å². The number of benzene rings is 1. The van der Waals surface area contributed by atoms with Crippen LogP contribution < -0.4 is 15.5 Å². The fourth-order valence-corrected chi connectivity index (χ4v) is 3.70. The number of carbonyl (C=O) groups is 1. The Morgan fingerprint density at radius 1 is 1.17 bits per heavy atom. The first-order valence-electron chi connectivity index (χ1n) is 9.36. The number of carbonyl (C=O) groups excluding carboxylic acids is 1. The maximum absolute atomic E-state index is 13.4. The molecule has 1 saturated carbocycles. The van der Waals surface area contributed by atoms with Gasteiger partial charge in [0.2, 0.25) is 5.95 Å². The van der Waals surface area contributed by atoms with Gasteiger partial charge in [-0.05, 0) is 50.8 Å². The summed E-state index contributed by atoms with van der Waals surface area (Å²) in [4.78, 5) is 23.3. The molecule has 0 saturated heterocycles. The van der Waals surface area contributed by atoms with Crippen molar-refractivity contribution in [1.82, 2.24) is 15.3 Å². The quantitative estimate of drug-likeness (QED) is 0.726. The molecule has 1 fully saturated rings. The lowest BCUT2D eigenvalue weighted by Crippen LogP contribution is -2.40. The largest absolute Gasteiger partial charge is 0.362 e. The summed E-state index contributed by atoms with van der Waals surface area (Å²) in [5.41, 5.74) is 1.27. The van der Waals surface area contributed by atoms with Crippen molar-refractivity contribution in [3.63, 3.8) is 0 Å². The second-order valence-corrected chi connectivity index (χ2v) is 7.86. The lowest BCUT2D eigenvalue weighted by Gasteiger charge is -2.30. The maximum atomic E-state index is 13.4. The molecule has 1 aromatic carbocycles. The van der Waals surface area contributed by atoms with E-state index in [-0.39, 0.29) is 41.0 Å². The van der Waals surface area contributed by atoms with Crippen molar-refractivity contribution in [3.05, 3.63) is 46.4 Å². The second kappa shape index (κ2) is 10.1. The minimum absolute atomic E-state index is 0. The Balaban J connectivity index is 0.00000300. The maximum Gasteiger partial charge on any atom is 0.251 e. The number of hydrogen-bond acceptors (Lipinski definition) is 5. The molecule has 1 aliphatic carbocycles. The SMILES string of the molecule is Cc1cnc(NC2CCC(NC(=O)c3cc(F)cc(Cl)c3)CC2)nc1N(C)C.Cl. The van der Waals surface area contributed by atoms with Crippen LogP contribution in [0.15, 0.2) is 24.4 Å². The van der Waals surface area contributed by atoms with Crippen LogP contribution in [-0.2, 0) is 0 Å². The van der Waals surface area contributed by atoms with Gasteiger partial charge in [0, 0.05) is 48.5 Å². The van der Waals surface area contributed by atoms with Crippen LogP contribution in [0.2, 0.25) is 5.02 Å². The van der Waals surface area contributed by atoms with E-state index >= 15 is 0 Å². The molecule has 9 heteroatoms. The van der Waals surface area contributed by atoms with Gasteiger partial charge in [-0.25, -0.2) is 9.37 Å². The Morgan fingerprint density at radius 2 is 1.83 bits per heavy atom. The zero-order chi connectivity index (χ0) is 20.3. The summed E-state index contributed by atoms with van der Waals surface area (Å²) in [6, 6.07) is 4.18. The molecule has 0 spiro atoms. The lowest BCUT2D eigenvalue weighted by atomic mass is 9.91. The first-order chi connectivity index (χ1) is 13.3. The van der Waals surface area contributed by atoms with Crippen molar-refractivity contribution in [3.8, 4) is 0 Å². The molecule has 2 N–H and O–H groups in total. The van der Waals surface area contributed by atoms with Crippen LogP contribution in [0.25, 0.3) is 0 Å². The fourth-order valence-electron chi connectivity index (χ4n) is 3.47. The summed E-state index contributed by atoms with van der Waals surface area (Å²) in [6.45, 7) is 1.98. The highest BCUT2D eigenvalue weighted by molar-refractivity contribution is 6.31. The Labute approximate surface area is 181 Å². The van der Waals surface area contributed by atoms with Gasteiger partial charge in [-0.2, -0.15) is 4.98 Å². The fraction of sp³-hybridized carbons (Fsp3) is 0.450. The van der Waals surface area contributed by atoms with E-state index in [1.807, 2.05) is 32.1 Å². The van der Waals surface area contributed by atoms with Gasteiger partial charge in [0.05, 0.1) is 0 Å². The topological polar surface area (TPSA) is 70.1 Å². The number of rotatable bonds is 5. The molecule has 0 aliphatic heterocycles. The molecule has 0 atom stereocenters. The van der Waals surface area contributed by atoms with Gasteiger partial charge in [-0.15, -0.1) is 12.4 Å². The Hall–Kier alpha value is -2.12. The molecule has 0 unspecified atom stereocenters. The summed E-state index contributed by atoms with van der Waals surface area (Å²) < 4.78 is 13.4. The lowest BCUT2D eigenvalue weighted by molar-refractivity contribution is 0.0926. The normalized spacial score (nSPS) is 18.5. The Bertz CT molecular complexity index is 837. The number of aromatic nitrogens is 2. The molecule has 29 heavy (non-hydrogen) atoms. The van der Waals surface area contributed by atoms with Crippen LogP contribution in [0.1, 0.15) is 41.6 Å². The number of nitrogens with one attached hydrogen (secondary N) is 2. The first kappa shape index (κ1) is 23.2. The van der Waals surface area contributed by atoms with Gasteiger partial charge in [-0.3, -0.25) is 4.79 Å². The van der Waals surface area contributed by atoms with Crippen molar-refractivity contribution >= 4 is 41.7 Å². The van der Waals surface area contributed by atoms with Crippen molar-refractivity contribution in [2.45, 2.75) is 44.7 Å². The molecule has 2 aromatic rings. The molecule has 1 amide bonds. The first-order valence-corrected chi connectivity index (χ1v) is 9.74. The summed E-state index contributed by atoms with van der Waals surface area (Å²) in [6.07, 6.45) is 5.27. The van der Waals surface area contributed by atoms with Crippen molar-refractivity contribution in [1.29, 1.82) is 0 Å². The third-order valence-corrected chi connectivity index (χ3v) is 5.11. The standard InChI is InChI=1S/C20H25ClFN5O.ClH/c1-12-11-23-20(26-18(12)27(2)3)25-17-6-4-16(5-7-17)24-19(28)13-8-14(21)10-15(22)9-13;/h8-11,16-17H,4-7H2,1-3H3,(H,24,28)(H,23,25,26);1H. The predicted molar refractivity (Wildman–Crippen MR) is 117 cm³/mol. The minimum Gasteiger partial charge on any atom is -0.362 e. The minimum atomic E-state index is -0.513. The van der Waals surface area contributed by atoms with Crippen molar-refractivity contribution < 1.29 is 9.18 Å². The van der Waals surface area contributed by atoms with Crippen LogP contribution >= 0.6 is 24.0 Å². The smallest absolute Gasteiger partial charge is 0.251 e. The summed E-state index contributed by atoms with van der Waals surface area (Å²) >= 11 is 5.83. The summed E-state index contributed by atoms with van der Waals surface area (Å²) in [5.74, 6) is 0.708. The monoisotopic (exact) mass is 441 g/mol. The van der Waals surface area contributed by atoms with E-state index in [4.69, 9.17) is 11.6 Å². The van der Waals surface area contributed by atoms with Crippen molar-refractivity contribution in [2.75, 3.05) is 24.3 Å². The van der Waals surface area contributed by atoms with Gasteiger partial charge in [0.15, 0.2) is 0 Å². The zero-order valence-electron chi connectivity index (χ0n) is 16.7. The average molecular weight is 442 g/mol. The van der Waals surface area contributed by atoms with Crippen LogP contribution in [0, 0.1) is 12.7 Å². The molecule has 1 heterocycles. The molecule has 0 radical (unpaired) electrons. The number of amides is 1. The number of aryl methyl sites for hydroxylation is 1. The number of anilines is 2. The van der Waals surface area contributed by atoms with E-state index in [0.29, 0.717) is 5.95 Å². The molecular weight excluding hydrogens is 416 g/mol. The summed E-state index contributed by atoms with van der Waals surface area (Å²) in [7, 11) is 3.91.